The van der Waals surface area contributed by atoms with Crippen LogP contribution in [0.4, 0.5) is 0 Å². The lowest BCUT2D eigenvalue weighted by atomic mass is 9.94. The lowest BCUT2D eigenvalue weighted by molar-refractivity contribution is 0.398. The molecule has 2 atom stereocenters. The van der Waals surface area contributed by atoms with Crippen molar-refractivity contribution in [3.63, 3.8) is 0 Å². The quantitative estimate of drug-likeness (QED) is 0.609. The number of hydrogen-bond donors (Lipinski definition) is 1. The van der Waals surface area contributed by atoms with Gasteiger partial charge in [0, 0.05) is 6.04 Å². The third-order valence-electron chi connectivity index (χ3n) is 3.02. The van der Waals surface area contributed by atoms with E-state index < -0.39 is 0 Å². The van der Waals surface area contributed by atoms with Gasteiger partial charge in [-0.2, -0.15) is 0 Å². The summed E-state index contributed by atoms with van der Waals surface area (Å²) in [5, 5.41) is 3.29. The van der Waals surface area contributed by atoms with Crippen molar-refractivity contribution >= 4 is 0 Å². The molecular formula is C12H27N. The van der Waals surface area contributed by atoms with Crippen LogP contribution in [0.3, 0.4) is 0 Å². The van der Waals surface area contributed by atoms with E-state index in [0.717, 1.165) is 5.92 Å². The molecule has 0 aliphatic carbocycles. The molecule has 0 heterocycles. The molecular weight excluding hydrogens is 158 g/mol. The summed E-state index contributed by atoms with van der Waals surface area (Å²) in [6.07, 6.45) is 8.28. The maximum Gasteiger partial charge on any atom is 0.00357 e. The SMILES string of the molecule is CCCC(CC)CCCC(C)NC. The zero-order chi connectivity index (χ0) is 10.1. The van der Waals surface area contributed by atoms with Crippen molar-refractivity contribution in [2.45, 2.75) is 65.3 Å². The van der Waals surface area contributed by atoms with Crippen LogP contribution in [-0.4, -0.2) is 13.1 Å². The minimum atomic E-state index is 0.694. The largest absolute Gasteiger partial charge is 0.317 e. The summed E-state index contributed by atoms with van der Waals surface area (Å²) >= 11 is 0. The molecule has 1 N–H and O–H groups in total. The third-order valence-corrected chi connectivity index (χ3v) is 3.02. The highest BCUT2D eigenvalue weighted by molar-refractivity contribution is 4.61. The Balaban J connectivity index is 3.37. The molecule has 0 rings (SSSR count). The second kappa shape index (κ2) is 8.55. The van der Waals surface area contributed by atoms with E-state index in [4.69, 9.17) is 0 Å². The Morgan fingerprint density at radius 3 is 2.23 bits per heavy atom. The highest BCUT2D eigenvalue weighted by Gasteiger charge is 2.05. The highest BCUT2D eigenvalue weighted by Crippen LogP contribution is 2.18. The summed E-state index contributed by atoms with van der Waals surface area (Å²) in [6, 6.07) is 0.694. The molecule has 0 spiro atoms. The van der Waals surface area contributed by atoms with Gasteiger partial charge in [0.25, 0.3) is 0 Å². The molecule has 80 valence electrons. The molecule has 0 aromatic heterocycles. The van der Waals surface area contributed by atoms with Gasteiger partial charge in [0.1, 0.15) is 0 Å². The summed E-state index contributed by atoms with van der Waals surface area (Å²) < 4.78 is 0. The van der Waals surface area contributed by atoms with E-state index in [0.29, 0.717) is 6.04 Å². The fraction of sp³-hybridized carbons (Fsp3) is 1.00. The molecule has 0 saturated heterocycles. The number of hydrogen-bond acceptors (Lipinski definition) is 1. The minimum Gasteiger partial charge on any atom is -0.317 e. The maximum atomic E-state index is 3.29. The van der Waals surface area contributed by atoms with Crippen LogP contribution in [0.2, 0.25) is 0 Å². The van der Waals surface area contributed by atoms with Crippen LogP contribution in [0.25, 0.3) is 0 Å². The van der Waals surface area contributed by atoms with Gasteiger partial charge in [-0.15, -0.1) is 0 Å². The van der Waals surface area contributed by atoms with E-state index in [1.807, 2.05) is 7.05 Å². The van der Waals surface area contributed by atoms with Crippen LogP contribution in [0.15, 0.2) is 0 Å². The molecule has 0 aliphatic rings. The topological polar surface area (TPSA) is 12.0 Å². The molecule has 1 heteroatoms. The third kappa shape index (κ3) is 7.06. The Hall–Kier alpha value is -0.0400. The minimum absolute atomic E-state index is 0.694. The van der Waals surface area contributed by atoms with Gasteiger partial charge in [0.15, 0.2) is 0 Å². The van der Waals surface area contributed by atoms with Crippen molar-refractivity contribution < 1.29 is 0 Å². The van der Waals surface area contributed by atoms with Crippen LogP contribution >= 0.6 is 0 Å². The lowest BCUT2D eigenvalue weighted by Gasteiger charge is -2.15. The number of nitrogens with one attached hydrogen (secondary N) is 1. The standard InChI is InChI=1S/C12H27N/c1-5-8-12(6-2)10-7-9-11(3)13-4/h11-13H,5-10H2,1-4H3. The monoisotopic (exact) mass is 185 g/mol. The summed E-state index contributed by atoms with van der Waals surface area (Å²) in [6.45, 7) is 6.88. The van der Waals surface area contributed by atoms with Gasteiger partial charge in [-0.05, 0) is 26.3 Å². The molecule has 0 amide bonds. The molecule has 0 fully saturated rings. The lowest BCUT2D eigenvalue weighted by Crippen LogP contribution is -2.20. The Morgan fingerprint density at radius 1 is 1.08 bits per heavy atom. The smallest absolute Gasteiger partial charge is 0.00357 e. The van der Waals surface area contributed by atoms with Gasteiger partial charge in [-0.1, -0.05) is 46.0 Å². The first kappa shape index (κ1) is 13.0. The maximum absolute atomic E-state index is 3.29. The highest BCUT2D eigenvalue weighted by atomic mass is 14.8. The molecule has 0 radical (unpaired) electrons. The predicted octanol–water partition coefficient (Wildman–Crippen LogP) is 3.59. The van der Waals surface area contributed by atoms with Crippen LogP contribution in [0, 0.1) is 5.92 Å². The van der Waals surface area contributed by atoms with Crippen molar-refractivity contribution in [3.8, 4) is 0 Å². The summed E-state index contributed by atoms with van der Waals surface area (Å²) in [7, 11) is 2.05. The number of rotatable bonds is 8. The second-order valence-corrected chi connectivity index (χ2v) is 4.18. The molecule has 0 saturated carbocycles. The summed E-state index contributed by atoms with van der Waals surface area (Å²) in [5.41, 5.74) is 0. The Morgan fingerprint density at radius 2 is 1.77 bits per heavy atom. The van der Waals surface area contributed by atoms with E-state index in [9.17, 15) is 0 Å². The zero-order valence-corrected chi connectivity index (χ0v) is 9.90. The van der Waals surface area contributed by atoms with Gasteiger partial charge in [0.2, 0.25) is 0 Å². The molecule has 1 nitrogen and oxygen atoms in total. The normalized spacial score (nSPS) is 15.7. The molecule has 13 heavy (non-hydrogen) atoms. The van der Waals surface area contributed by atoms with Gasteiger partial charge in [-0.3, -0.25) is 0 Å². The fourth-order valence-corrected chi connectivity index (χ4v) is 1.82. The molecule has 2 unspecified atom stereocenters. The Bertz CT molecular complexity index is 101. The van der Waals surface area contributed by atoms with Gasteiger partial charge in [-0.25, -0.2) is 0 Å². The Labute approximate surface area is 84.3 Å². The first-order valence-corrected chi connectivity index (χ1v) is 5.91. The average Bonchev–Trinajstić information content (AvgIpc) is 2.16. The first-order valence-electron chi connectivity index (χ1n) is 5.91. The van der Waals surface area contributed by atoms with Crippen molar-refractivity contribution in [2.75, 3.05) is 7.05 Å². The summed E-state index contributed by atoms with van der Waals surface area (Å²) in [5.74, 6) is 0.981. The van der Waals surface area contributed by atoms with Gasteiger partial charge >= 0.3 is 0 Å². The van der Waals surface area contributed by atoms with Crippen molar-refractivity contribution in [1.29, 1.82) is 0 Å². The van der Waals surface area contributed by atoms with Crippen LogP contribution in [-0.2, 0) is 0 Å². The first-order chi connectivity index (χ1) is 6.24. The predicted molar refractivity (Wildman–Crippen MR) is 61.1 cm³/mol. The molecule has 0 aliphatic heterocycles. The van der Waals surface area contributed by atoms with Crippen molar-refractivity contribution in [1.82, 2.24) is 5.32 Å². The van der Waals surface area contributed by atoms with Crippen molar-refractivity contribution in [3.05, 3.63) is 0 Å². The molecule has 0 aromatic rings. The van der Waals surface area contributed by atoms with E-state index in [1.54, 1.807) is 0 Å². The average molecular weight is 185 g/mol. The van der Waals surface area contributed by atoms with E-state index in [2.05, 4.69) is 26.1 Å². The Kier molecular flexibility index (Phi) is 8.53. The van der Waals surface area contributed by atoms with E-state index in [-0.39, 0.29) is 0 Å². The zero-order valence-electron chi connectivity index (χ0n) is 9.90. The van der Waals surface area contributed by atoms with Crippen LogP contribution in [0.1, 0.15) is 59.3 Å². The van der Waals surface area contributed by atoms with Crippen LogP contribution in [0.5, 0.6) is 0 Å². The van der Waals surface area contributed by atoms with Gasteiger partial charge < -0.3 is 5.32 Å². The summed E-state index contributed by atoms with van der Waals surface area (Å²) in [4.78, 5) is 0. The van der Waals surface area contributed by atoms with E-state index >= 15 is 0 Å². The molecule has 0 aromatic carbocycles. The molecule has 0 bridgehead atoms. The second-order valence-electron chi connectivity index (χ2n) is 4.18. The van der Waals surface area contributed by atoms with Crippen molar-refractivity contribution in [2.24, 2.45) is 5.92 Å². The van der Waals surface area contributed by atoms with Gasteiger partial charge in [0.05, 0.1) is 0 Å². The fourth-order valence-electron chi connectivity index (χ4n) is 1.82. The van der Waals surface area contributed by atoms with E-state index in [1.165, 1.54) is 38.5 Å². The van der Waals surface area contributed by atoms with Crippen LogP contribution < -0.4 is 5.32 Å².